The molecule has 4 rings (SSSR count). The lowest BCUT2D eigenvalue weighted by Gasteiger charge is -2.41. The molecule has 1 aliphatic carbocycles. The van der Waals surface area contributed by atoms with Crippen molar-refractivity contribution in [2.75, 3.05) is 33.3 Å². The van der Waals surface area contributed by atoms with E-state index in [0.29, 0.717) is 44.2 Å². The molecule has 3 N–H and O–H groups in total. The van der Waals surface area contributed by atoms with Crippen LogP contribution in [0.2, 0.25) is 0 Å². The lowest BCUT2D eigenvalue weighted by atomic mass is 9.79. The third kappa shape index (κ3) is 4.98. The predicted octanol–water partition coefficient (Wildman–Crippen LogP) is 2.73. The number of aliphatic imine (C=N–C) groups is 1. The normalized spacial score (nSPS) is 19.4. The van der Waals surface area contributed by atoms with E-state index in [4.69, 9.17) is 10.5 Å². The smallest absolute Gasteiger partial charge is 0.259 e. The van der Waals surface area contributed by atoms with Crippen LogP contribution in [0.25, 0.3) is 0 Å². The topological polar surface area (TPSA) is 91.4 Å². The van der Waals surface area contributed by atoms with Gasteiger partial charge in [0.1, 0.15) is 5.75 Å². The molecule has 176 valence electrons. The van der Waals surface area contributed by atoms with Crippen LogP contribution in [0.3, 0.4) is 0 Å². The van der Waals surface area contributed by atoms with Crippen LogP contribution in [-0.2, 0) is 16.9 Å². The number of benzene rings is 2. The Morgan fingerprint density at radius 1 is 1.06 bits per heavy atom. The minimum Gasteiger partial charge on any atom is -0.497 e. The van der Waals surface area contributed by atoms with Crippen molar-refractivity contribution in [3.8, 4) is 5.75 Å². The van der Waals surface area contributed by atoms with Crippen molar-refractivity contribution in [1.82, 2.24) is 9.80 Å². The second-order valence-corrected chi connectivity index (χ2v) is 8.92. The highest BCUT2D eigenvalue weighted by Gasteiger charge is 2.48. The monoisotopic (exact) mass is 450 g/mol. The number of ether oxygens (including phenoxy) is 1. The van der Waals surface area contributed by atoms with Gasteiger partial charge >= 0.3 is 0 Å². The van der Waals surface area contributed by atoms with E-state index in [1.165, 1.54) is 0 Å². The molecule has 1 aliphatic heterocycles. The Labute approximate surface area is 195 Å². The van der Waals surface area contributed by atoms with Gasteiger partial charge in [-0.3, -0.25) is 4.79 Å². The fourth-order valence-corrected chi connectivity index (χ4v) is 4.99. The lowest BCUT2D eigenvalue weighted by molar-refractivity contribution is -0.160. The maximum atomic E-state index is 13.6. The number of methoxy groups -OCH3 is 1. The molecule has 0 bridgehead atoms. The van der Waals surface area contributed by atoms with E-state index in [0.717, 1.165) is 37.0 Å². The van der Waals surface area contributed by atoms with Crippen molar-refractivity contribution >= 4 is 11.9 Å². The minimum absolute atomic E-state index is 0.0417. The second-order valence-electron chi connectivity index (χ2n) is 8.92. The second kappa shape index (κ2) is 10.3. The number of hydrogen-bond donors (Lipinski definition) is 2. The largest absolute Gasteiger partial charge is 0.497 e. The number of guanidine groups is 1. The summed E-state index contributed by atoms with van der Waals surface area (Å²) < 4.78 is 5.26. The maximum absolute atomic E-state index is 13.6. The molecule has 1 amide bonds. The summed E-state index contributed by atoms with van der Waals surface area (Å²) in [4.78, 5) is 22.0. The Morgan fingerprint density at radius 2 is 1.73 bits per heavy atom. The highest BCUT2D eigenvalue weighted by molar-refractivity contribution is 5.87. The highest BCUT2D eigenvalue weighted by atomic mass is 16.5. The zero-order chi connectivity index (χ0) is 23.3. The van der Waals surface area contributed by atoms with E-state index in [-0.39, 0.29) is 11.8 Å². The molecule has 2 aliphatic rings. The molecular formula is C26H34N4O3. The van der Waals surface area contributed by atoms with Crippen LogP contribution in [0.1, 0.15) is 36.8 Å². The summed E-state index contributed by atoms with van der Waals surface area (Å²) in [6.45, 7) is 2.67. The van der Waals surface area contributed by atoms with Crippen LogP contribution in [0, 0.1) is 5.92 Å². The average molecular weight is 451 g/mol. The van der Waals surface area contributed by atoms with Gasteiger partial charge in [0.2, 0.25) is 0 Å². The molecule has 33 heavy (non-hydrogen) atoms. The lowest BCUT2D eigenvalue weighted by Crippen LogP contribution is -2.58. The van der Waals surface area contributed by atoms with E-state index in [9.17, 15) is 9.90 Å². The van der Waals surface area contributed by atoms with Gasteiger partial charge in [0.15, 0.2) is 11.6 Å². The number of carbonyl (C=O) groups is 1. The van der Waals surface area contributed by atoms with Gasteiger partial charge < -0.3 is 25.4 Å². The summed E-state index contributed by atoms with van der Waals surface area (Å²) in [5, 5.41) is 11.8. The summed E-state index contributed by atoms with van der Waals surface area (Å²) in [5.74, 6) is 1.03. The molecule has 1 heterocycles. The van der Waals surface area contributed by atoms with Crippen LogP contribution < -0.4 is 10.5 Å². The van der Waals surface area contributed by atoms with Gasteiger partial charge in [-0.2, -0.15) is 0 Å². The molecule has 1 saturated carbocycles. The number of carbonyl (C=O) groups excluding carboxylic acids is 1. The molecule has 1 unspecified atom stereocenters. The molecule has 7 nitrogen and oxygen atoms in total. The van der Waals surface area contributed by atoms with Crippen LogP contribution in [0.15, 0.2) is 59.6 Å². The first kappa shape index (κ1) is 23.1. The molecule has 2 aromatic carbocycles. The summed E-state index contributed by atoms with van der Waals surface area (Å²) in [6, 6.07) is 17.2. The Morgan fingerprint density at radius 3 is 2.39 bits per heavy atom. The molecule has 0 spiro atoms. The van der Waals surface area contributed by atoms with Gasteiger partial charge in [-0.15, -0.1) is 0 Å². The molecule has 7 heteroatoms. The zero-order valence-electron chi connectivity index (χ0n) is 19.3. The maximum Gasteiger partial charge on any atom is 0.259 e. The van der Waals surface area contributed by atoms with Crippen molar-refractivity contribution in [3.05, 3.63) is 65.7 Å². The van der Waals surface area contributed by atoms with E-state index in [2.05, 4.69) is 4.99 Å². The van der Waals surface area contributed by atoms with Crippen LogP contribution in [0.4, 0.5) is 0 Å². The van der Waals surface area contributed by atoms with Crippen molar-refractivity contribution in [2.24, 2.45) is 16.6 Å². The Kier molecular flexibility index (Phi) is 7.18. The molecule has 1 saturated heterocycles. The van der Waals surface area contributed by atoms with Gasteiger partial charge in [0.05, 0.1) is 13.7 Å². The van der Waals surface area contributed by atoms with Gasteiger partial charge in [-0.05, 0) is 36.1 Å². The zero-order valence-corrected chi connectivity index (χ0v) is 19.3. The van der Waals surface area contributed by atoms with E-state index >= 15 is 0 Å². The van der Waals surface area contributed by atoms with Crippen molar-refractivity contribution < 1.29 is 14.6 Å². The van der Waals surface area contributed by atoms with Crippen LogP contribution in [0.5, 0.6) is 5.75 Å². The van der Waals surface area contributed by atoms with Crippen molar-refractivity contribution in [2.45, 2.75) is 37.8 Å². The van der Waals surface area contributed by atoms with E-state index < -0.39 is 5.60 Å². The predicted molar refractivity (Wildman–Crippen MR) is 129 cm³/mol. The van der Waals surface area contributed by atoms with Crippen molar-refractivity contribution in [1.29, 1.82) is 0 Å². The number of aliphatic hydroxyl groups is 1. The number of nitrogens with two attached hydrogens (primary N) is 1. The summed E-state index contributed by atoms with van der Waals surface area (Å²) in [5.41, 5.74) is 6.51. The summed E-state index contributed by atoms with van der Waals surface area (Å²) >= 11 is 0. The fourth-order valence-electron chi connectivity index (χ4n) is 4.99. The van der Waals surface area contributed by atoms with Crippen LogP contribution in [-0.4, -0.2) is 60.1 Å². The van der Waals surface area contributed by atoms with Crippen LogP contribution >= 0.6 is 0 Å². The van der Waals surface area contributed by atoms with Gasteiger partial charge in [0.25, 0.3) is 5.91 Å². The standard InChI is InChI=1S/C26H34N4O3/c1-33-23-13-7-8-20(18-23)19-28-25(27)30-16-14-29(15-17-30)24(31)26(32,22-11-5-6-12-22)21-9-3-2-4-10-21/h2-4,7-10,13,18,22,32H,5-6,11-12,14-17,19H2,1H3,(H2,27,28). The molecular weight excluding hydrogens is 416 g/mol. The van der Waals surface area contributed by atoms with E-state index in [1.54, 1.807) is 12.0 Å². The first-order valence-electron chi connectivity index (χ1n) is 11.8. The first-order valence-corrected chi connectivity index (χ1v) is 11.8. The fraction of sp³-hybridized carbons (Fsp3) is 0.462. The molecule has 2 fully saturated rings. The first-order chi connectivity index (χ1) is 16.0. The third-order valence-electron chi connectivity index (χ3n) is 6.93. The van der Waals surface area contributed by atoms with Gasteiger partial charge in [0, 0.05) is 32.1 Å². The number of amides is 1. The summed E-state index contributed by atoms with van der Waals surface area (Å²) in [6.07, 6.45) is 3.87. The van der Waals surface area contributed by atoms with Gasteiger partial charge in [-0.1, -0.05) is 55.3 Å². The Bertz CT molecular complexity index is 967. The number of rotatable bonds is 6. The highest BCUT2D eigenvalue weighted by Crippen LogP contribution is 2.42. The Balaban J connectivity index is 1.41. The quantitative estimate of drug-likeness (QED) is 0.522. The molecule has 0 radical (unpaired) electrons. The molecule has 0 aromatic heterocycles. The third-order valence-corrected chi connectivity index (χ3v) is 6.93. The molecule has 1 atom stereocenters. The average Bonchev–Trinajstić information content (AvgIpc) is 3.43. The SMILES string of the molecule is COc1cccc(CN=C(N)N2CCN(C(=O)C(O)(c3ccccc3)C3CCCC3)CC2)c1. The Hall–Kier alpha value is -3.06. The number of nitrogens with zero attached hydrogens (tertiary/aromatic N) is 3. The number of piperazine rings is 1. The van der Waals surface area contributed by atoms with Crippen molar-refractivity contribution in [3.63, 3.8) is 0 Å². The summed E-state index contributed by atoms with van der Waals surface area (Å²) in [7, 11) is 1.64. The number of hydrogen-bond acceptors (Lipinski definition) is 4. The minimum atomic E-state index is -1.47. The molecule has 2 aromatic rings. The van der Waals surface area contributed by atoms with E-state index in [1.807, 2.05) is 59.5 Å². The van der Waals surface area contributed by atoms with Gasteiger partial charge in [-0.25, -0.2) is 4.99 Å².